The highest BCUT2D eigenvalue weighted by molar-refractivity contribution is 5.85. The molecule has 0 spiro atoms. The molecule has 0 aromatic heterocycles. The lowest BCUT2D eigenvalue weighted by Crippen LogP contribution is -2.34. The topological polar surface area (TPSA) is 38.3 Å². The Morgan fingerprint density at radius 3 is 2.91 bits per heavy atom. The monoisotopic (exact) mass is 179 g/mol. The number of carbonyl (C=O) groups excluding carboxylic acids is 1. The zero-order valence-corrected chi connectivity index (χ0v) is 7.39. The summed E-state index contributed by atoms with van der Waals surface area (Å²) in [4.78, 5) is 9.92. The molecule has 3 nitrogen and oxygen atoms in total. The first-order chi connectivity index (χ1) is 4.84. The van der Waals surface area contributed by atoms with Crippen molar-refractivity contribution in [2.45, 2.75) is 31.9 Å². The van der Waals surface area contributed by atoms with Crippen LogP contribution in [0.5, 0.6) is 0 Å². The third kappa shape index (κ3) is 3.08. The number of halogens is 1. The minimum atomic E-state index is 0. The van der Waals surface area contributed by atoms with Crippen molar-refractivity contribution in [1.29, 1.82) is 0 Å². The lowest BCUT2D eigenvalue weighted by atomic mass is 10.1. The van der Waals surface area contributed by atoms with Crippen molar-refractivity contribution < 1.29 is 9.53 Å². The first-order valence-corrected chi connectivity index (χ1v) is 3.67. The lowest BCUT2D eigenvalue weighted by molar-refractivity contribution is -0.133. The molecule has 0 amide bonds. The second-order valence-electron chi connectivity index (χ2n) is 2.64. The molecule has 0 aromatic carbocycles. The molecule has 0 saturated carbocycles. The highest BCUT2D eigenvalue weighted by Crippen LogP contribution is 2.10. The van der Waals surface area contributed by atoms with Crippen molar-refractivity contribution in [2.24, 2.45) is 0 Å². The van der Waals surface area contributed by atoms with Crippen molar-refractivity contribution in [3.8, 4) is 0 Å². The molecular formula is C7H14ClNO2. The van der Waals surface area contributed by atoms with Crippen LogP contribution in [-0.4, -0.2) is 25.2 Å². The van der Waals surface area contributed by atoms with E-state index in [1.165, 1.54) is 6.42 Å². The van der Waals surface area contributed by atoms with Crippen LogP contribution in [0.25, 0.3) is 0 Å². The van der Waals surface area contributed by atoms with E-state index in [2.05, 4.69) is 5.32 Å². The summed E-state index contributed by atoms with van der Waals surface area (Å²) in [6.45, 7) is 3.49. The van der Waals surface area contributed by atoms with Crippen LogP contribution in [0.2, 0.25) is 0 Å². The van der Waals surface area contributed by atoms with Gasteiger partial charge in [-0.15, -0.1) is 12.4 Å². The zero-order chi connectivity index (χ0) is 7.40. The fraction of sp³-hybridized carbons (Fsp3) is 0.857. The third-order valence-corrected chi connectivity index (χ3v) is 1.94. The number of hydrogen-bond donors (Lipinski definition) is 1. The summed E-state index contributed by atoms with van der Waals surface area (Å²) in [6.07, 6.45) is 2.34. The van der Waals surface area contributed by atoms with Gasteiger partial charge in [0.1, 0.15) is 6.10 Å². The zero-order valence-electron chi connectivity index (χ0n) is 6.58. The summed E-state index contributed by atoms with van der Waals surface area (Å²) in [5, 5.41) is 3.26. The molecule has 1 saturated heterocycles. The van der Waals surface area contributed by atoms with E-state index >= 15 is 0 Å². The molecular weight excluding hydrogens is 166 g/mol. The van der Waals surface area contributed by atoms with E-state index in [1.807, 2.05) is 6.92 Å². The predicted octanol–water partition coefficient (Wildman–Crippen LogP) is 0.722. The molecule has 4 heteroatoms. The maximum Gasteiger partial charge on any atom is 0.293 e. The van der Waals surface area contributed by atoms with Gasteiger partial charge in [-0.1, -0.05) is 0 Å². The molecule has 1 aliphatic rings. The van der Waals surface area contributed by atoms with E-state index in [1.54, 1.807) is 0 Å². The minimum absolute atomic E-state index is 0. The Bertz CT molecular complexity index is 115. The smallest absolute Gasteiger partial charge is 0.293 e. The SMILES string of the molecule is CC(OC=O)[C@@H]1CCCN1.Cl. The Balaban J connectivity index is 0.000001000. The number of ether oxygens (including phenoxy) is 1. The molecule has 0 radical (unpaired) electrons. The molecule has 0 aliphatic carbocycles. The summed E-state index contributed by atoms with van der Waals surface area (Å²) in [6, 6.07) is 0.380. The van der Waals surface area contributed by atoms with Gasteiger partial charge in [0.25, 0.3) is 6.47 Å². The van der Waals surface area contributed by atoms with Gasteiger partial charge in [-0.2, -0.15) is 0 Å². The first-order valence-electron chi connectivity index (χ1n) is 3.67. The van der Waals surface area contributed by atoms with Crippen molar-refractivity contribution in [3.05, 3.63) is 0 Å². The summed E-state index contributed by atoms with van der Waals surface area (Å²) < 4.78 is 4.78. The molecule has 0 aromatic rings. The Hall–Kier alpha value is -0.280. The van der Waals surface area contributed by atoms with Gasteiger partial charge in [-0.3, -0.25) is 4.79 Å². The molecule has 1 N–H and O–H groups in total. The van der Waals surface area contributed by atoms with Crippen LogP contribution in [0, 0.1) is 0 Å². The van der Waals surface area contributed by atoms with Gasteiger partial charge in [0.15, 0.2) is 0 Å². The highest BCUT2D eigenvalue weighted by atomic mass is 35.5. The van der Waals surface area contributed by atoms with Crippen molar-refractivity contribution in [3.63, 3.8) is 0 Å². The van der Waals surface area contributed by atoms with Gasteiger partial charge >= 0.3 is 0 Å². The molecule has 1 rings (SSSR count). The average Bonchev–Trinajstić information content (AvgIpc) is 2.38. The van der Waals surface area contributed by atoms with E-state index < -0.39 is 0 Å². The van der Waals surface area contributed by atoms with Gasteiger partial charge in [0, 0.05) is 6.04 Å². The Labute approximate surface area is 72.9 Å². The van der Waals surface area contributed by atoms with Crippen LogP contribution in [-0.2, 0) is 9.53 Å². The molecule has 0 bridgehead atoms. The van der Waals surface area contributed by atoms with E-state index in [4.69, 9.17) is 4.74 Å². The van der Waals surface area contributed by atoms with Gasteiger partial charge in [0.05, 0.1) is 0 Å². The largest absolute Gasteiger partial charge is 0.463 e. The average molecular weight is 180 g/mol. The van der Waals surface area contributed by atoms with Crippen LogP contribution >= 0.6 is 12.4 Å². The number of rotatable bonds is 3. The third-order valence-electron chi connectivity index (χ3n) is 1.94. The summed E-state index contributed by atoms with van der Waals surface area (Å²) in [5.74, 6) is 0. The fourth-order valence-electron chi connectivity index (χ4n) is 1.29. The maximum atomic E-state index is 9.92. The van der Waals surface area contributed by atoms with E-state index in [0.29, 0.717) is 12.5 Å². The van der Waals surface area contributed by atoms with Crippen molar-refractivity contribution >= 4 is 18.9 Å². The number of carbonyl (C=O) groups is 1. The highest BCUT2D eigenvalue weighted by Gasteiger charge is 2.21. The van der Waals surface area contributed by atoms with Gasteiger partial charge in [-0.25, -0.2) is 0 Å². The second kappa shape index (κ2) is 5.38. The van der Waals surface area contributed by atoms with Crippen LogP contribution in [0.4, 0.5) is 0 Å². The predicted molar refractivity (Wildman–Crippen MR) is 44.9 cm³/mol. The molecule has 1 aliphatic heterocycles. The minimum Gasteiger partial charge on any atom is -0.463 e. The van der Waals surface area contributed by atoms with Crippen molar-refractivity contribution in [2.75, 3.05) is 6.54 Å². The normalized spacial score (nSPS) is 25.4. The number of nitrogens with one attached hydrogen (secondary N) is 1. The Kier molecular flexibility index (Phi) is 5.24. The Morgan fingerprint density at radius 1 is 1.73 bits per heavy atom. The van der Waals surface area contributed by atoms with Gasteiger partial charge in [0.2, 0.25) is 0 Å². The molecule has 1 unspecified atom stereocenters. The van der Waals surface area contributed by atoms with Gasteiger partial charge < -0.3 is 10.1 Å². The molecule has 66 valence electrons. The van der Waals surface area contributed by atoms with Crippen molar-refractivity contribution in [1.82, 2.24) is 5.32 Å². The molecule has 1 heterocycles. The maximum absolute atomic E-state index is 9.92. The standard InChI is InChI=1S/C7H13NO2.ClH/c1-6(10-5-9)7-3-2-4-8-7;/h5-8H,2-4H2,1H3;1H/t6?,7-;/m0./s1. The van der Waals surface area contributed by atoms with Crippen LogP contribution < -0.4 is 5.32 Å². The van der Waals surface area contributed by atoms with E-state index in [-0.39, 0.29) is 18.5 Å². The first kappa shape index (κ1) is 10.7. The van der Waals surface area contributed by atoms with Crippen LogP contribution in [0.15, 0.2) is 0 Å². The summed E-state index contributed by atoms with van der Waals surface area (Å²) in [7, 11) is 0. The summed E-state index contributed by atoms with van der Waals surface area (Å²) >= 11 is 0. The van der Waals surface area contributed by atoms with E-state index in [0.717, 1.165) is 13.0 Å². The van der Waals surface area contributed by atoms with Crippen LogP contribution in [0.3, 0.4) is 0 Å². The molecule has 2 atom stereocenters. The lowest BCUT2D eigenvalue weighted by Gasteiger charge is -2.16. The van der Waals surface area contributed by atoms with E-state index in [9.17, 15) is 4.79 Å². The summed E-state index contributed by atoms with van der Waals surface area (Å²) in [5.41, 5.74) is 0. The Morgan fingerprint density at radius 2 is 2.45 bits per heavy atom. The fourth-order valence-corrected chi connectivity index (χ4v) is 1.29. The number of hydrogen-bond acceptors (Lipinski definition) is 3. The second-order valence-corrected chi connectivity index (χ2v) is 2.64. The van der Waals surface area contributed by atoms with Crippen LogP contribution in [0.1, 0.15) is 19.8 Å². The van der Waals surface area contributed by atoms with Gasteiger partial charge in [-0.05, 0) is 26.3 Å². The molecule has 1 fully saturated rings. The quantitative estimate of drug-likeness (QED) is 0.649. The molecule has 11 heavy (non-hydrogen) atoms.